The Morgan fingerprint density at radius 2 is 1.64 bits per heavy atom. The molecule has 1 aliphatic heterocycles. The second-order valence-corrected chi connectivity index (χ2v) is 8.33. The molecule has 3 amide bonds. The summed E-state index contributed by atoms with van der Waals surface area (Å²) in [7, 11) is -3.30. The summed E-state index contributed by atoms with van der Waals surface area (Å²) in [5.74, 6) is -0.715. The van der Waals surface area contributed by atoms with Crippen LogP contribution in [0.1, 0.15) is 33.1 Å². The van der Waals surface area contributed by atoms with Crippen molar-refractivity contribution in [1.82, 2.24) is 4.90 Å². The molecule has 0 bridgehead atoms. The number of imide groups is 1. The number of amides is 3. The molecule has 0 spiro atoms. The number of carbonyl (C=O) groups is 3. The van der Waals surface area contributed by atoms with Crippen LogP contribution < -0.4 is 4.90 Å². The Bertz CT molecular complexity index is 768. The van der Waals surface area contributed by atoms with Crippen molar-refractivity contribution >= 4 is 33.2 Å². The van der Waals surface area contributed by atoms with E-state index in [1.807, 2.05) is 13.8 Å². The van der Waals surface area contributed by atoms with Gasteiger partial charge in [-0.15, -0.1) is 0 Å². The molecular formula is C17H22N2O5S. The van der Waals surface area contributed by atoms with Gasteiger partial charge in [-0.05, 0) is 38.1 Å². The van der Waals surface area contributed by atoms with E-state index in [1.54, 1.807) is 12.1 Å². The molecule has 1 aliphatic rings. The van der Waals surface area contributed by atoms with E-state index >= 15 is 0 Å². The molecule has 0 radical (unpaired) electrons. The molecule has 1 fully saturated rings. The summed E-state index contributed by atoms with van der Waals surface area (Å²) in [4.78, 5) is 38.7. The van der Waals surface area contributed by atoms with Gasteiger partial charge in [-0.1, -0.05) is 0 Å². The van der Waals surface area contributed by atoms with Crippen LogP contribution in [0.15, 0.2) is 29.2 Å². The van der Waals surface area contributed by atoms with Crippen molar-refractivity contribution in [2.75, 3.05) is 17.7 Å². The normalized spacial score (nSPS) is 15.1. The SMILES string of the molecule is CC(C)N(C(=O)CCN1C(=O)CCC1=O)c1ccc(S(C)(=O)=O)cc1. The maximum absolute atomic E-state index is 12.6. The predicted molar refractivity (Wildman–Crippen MR) is 92.7 cm³/mol. The fraction of sp³-hybridized carbons (Fsp3) is 0.471. The van der Waals surface area contributed by atoms with Gasteiger partial charge < -0.3 is 4.90 Å². The van der Waals surface area contributed by atoms with Gasteiger partial charge in [0.05, 0.1) is 4.90 Å². The van der Waals surface area contributed by atoms with E-state index in [-0.39, 0.29) is 54.5 Å². The van der Waals surface area contributed by atoms with E-state index in [4.69, 9.17) is 0 Å². The third kappa shape index (κ3) is 4.45. The number of sulfone groups is 1. The number of hydrogen-bond acceptors (Lipinski definition) is 5. The minimum Gasteiger partial charge on any atom is -0.310 e. The van der Waals surface area contributed by atoms with Crippen molar-refractivity contribution in [2.45, 2.75) is 44.0 Å². The summed E-state index contributed by atoms with van der Waals surface area (Å²) < 4.78 is 23.1. The van der Waals surface area contributed by atoms with Gasteiger partial charge in [0.1, 0.15) is 0 Å². The maximum Gasteiger partial charge on any atom is 0.229 e. The highest BCUT2D eigenvalue weighted by Gasteiger charge is 2.30. The fourth-order valence-corrected chi connectivity index (χ4v) is 3.41. The summed E-state index contributed by atoms with van der Waals surface area (Å²) in [6.07, 6.45) is 1.56. The predicted octanol–water partition coefficient (Wildman–Crippen LogP) is 1.37. The molecule has 0 unspecified atom stereocenters. The molecule has 1 saturated heterocycles. The van der Waals surface area contributed by atoms with Crippen LogP contribution in [0.25, 0.3) is 0 Å². The third-order valence-electron chi connectivity index (χ3n) is 4.03. The van der Waals surface area contributed by atoms with Gasteiger partial charge in [-0.3, -0.25) is 19.3 Å². The molecule has 0 N–H and O–H groups in total. The number of anilines is 1. The van der Waals surface area contributed by atoms with E-state index < -0.39 is 9.84 Å². The van der Waals surface area contributed by atoms with Crippen LogP contribution in [0.2, 0.25) is 0 Å². The average Bonchev–Trinajstić information content (AvgIpc) is 2.83. The smallest absolute Gasteiger partial charge is 0.229 e. The largest absolute Gasteiger partial charge is 0.310 e. The van der Waals surface area contributed by atoms with E-state index in [9.17, 15) is 22.8 Å². The second-order valence-electron chi connectivity index (χ2n) is 6.31. The highest BCUT2D eigenvalue weighted by molar-refractivity contribution is 7.90. The highest BCUT2D eigenvalue weighted by atomic mass is 32.2. The van der Waals surface area contributed by atoms with Gasteiger partial charge in [0.25, 0.3) is 0 Å². The van der Waals surface area contributed by atoms with Gasteiger partial charge in [0.15, 0.2) is 9.84 Å². The minimum atomic E-state index is -3.30. The summed E-state index contributed by atoms with van der Waals surface area (Å²) in [6.45, 7) is 3.75. The first-order valence-corrected chi connectivity index (χ1v) is 9.96. The molecule has 25 heavy (non-hydrogen) atoms. The molecule has 1 heterocycles. The zero-order valence-corrected chi connectivity index (χ0v) is 15.4. The van der Waals surface area contributed by atoms with Crippen molar-refractivity contribution in [2.24, 2.45) is 0 Å². The van der Waals surface area contributed by atoms with Crippen LogP contribution in [0.5, 0.6) is 0 Å². The lowest BCUT2D eigenvalue weighted by Gasteiger charge is -2.28. The number of rotatable bonds is 6. The Labute approximate surface area is 147 Å². The van der Waals surface area contributed by atoms with Crippen LogP contribution in [0.3, 0.4) is 0 Å². The van der Waals surface area contributed by atoms with Crippen LogP contribution >= 0.6 is 0 Å². The van der Waals surface area contributed by atoms with Crippen molar-refractivity contribution in [3.63, 3.8) is 0 Å². The Morgan fingerprint density at radius 1 is 1.12 bits per heavy atom. The number of likely N-dealkylation sites (tertiary alicyclic amines) is 1. The summed E-state index contributed by atoms with van der Waals surface area (Å²) >= 11 is 0. The van der Waals surface area contributed by atoms with Crippen LogP contribution in [0, 0.1) is 0 Å². The fourth-order valence-electron chi connectivity index (χ4n) is 2.78. The zero-order valence-electron chi connectivity index (χ0n) is 14.6. The Kier molecular flexibility index (Phi) is 5.62. The third-order valence-corrected chi connectivity index (χ3v) is 5.16. The first-order valence-electron chi connectivity index (χ1n) is 8.06. The lowest BCUT2D eigenvalue weighted by atomic mass is 10.2. The van der Waals surface area contributed by atoms with Crippen molar-refractivity contribution in [3.05, 3.63) is 24.3 Å². The molecule has 8 heteroatoms. The van der Waals surface area contributed by atoms with E-state index in [0.717, 1.165) is 11.2 Å². The van der Waals surface area contributed by atoms with Gasteiger partial charge >= 0.3 is 0 Å². The quantitative estimate of drug-likeness (QED) is 0.709. The van der Waals surface area contributed by atoms with Gasteiger partial charge in [0.2, 0.25) is 17.7 Å². The minimum absolute atomic E-state index is 0.0312. The second kappa shape index (κ2) is 7.35. The topological polar surface area (TPSA) is 91.8 Å². The maximum atomic E-state index is 12.6. The van der Waals surface area contributed by atoms with E-state index in [0.29, 0.717) is 5.69 Å². The molecule has 0 aliphatic carbocycles. The van der Waals surface area contributed by atoms with E-state index in [1.165, 1.54) is 17.0 Å². The van der Waals surface area contributed by atoms with Crippen LogP contribution in [0.4, 0.5) is 5.69 Å². The molecule has 136 valence electrons. The van der Waals surface area contributed by atoms with Crippen molar-refractivity contribution < 1.29 is 22.8 Å². The Morgan fingerprint density at radius 3 is 2.08 bits per heavy atom. The van der Waals surface area contributed by atoms with Crippen LogP contribution in [-0.4, -0.2) is 49.9 Å². The molecule has 2 rings (SSSR count). The first-order chi connectivity index (χ1) is 11.6. The average molecular weight is 366 g/mol. The molecule has 1 aromatic carbocycles. The van der Waals surface area contributed by atoms with Gasteiger partial charge in [0, 0.05) is 43.8 Å². The monoisotopic (exact) mass is 366 g/mol. The van der Waals surface area contributed by atoms with Crippen molar-refractivity contribution in [3.8, 4) is 0 Å². The highest BCUT2D eigenvalue weighted by Crippen LogP contribution is 2.22. The van der Waals surface area contributed by atoms with Crippen molar-refractivity contribution in [1.29, 1.82) is 0 Å². The number of carbonyl (C=O) groups excluding carboxylic acids is 3. The first kappa shape index (κ1) is 19.1. The summed E-state index contributed by atoms with van der Waals surface area (Å²) in [6, 6.07) is 5.93. The van der Waals surface area contributed by atoms with Gasteiger partial charge in [-0.25, -0.2) is 8.42 Å². The lowest BCUT2D eigenvalue weighted by molar-refractivity contribution is -0.138. The molecule has 7 nitrogen and oxygen atoms in total. The number of hydrogen-bond donors (Lipinski definition) is 0. The standard InChI is InChI=1S/C17H22N2O5S/c1-12(2)19(13-4-6-14(7-5-13)25(3,23)24)17(22)10-11-18-15(20)8-9-16(18)21/h4-7,12H,8-11H2,1-3H3. The zero-order chi connectivity index (χ0) is 18.8. The molecule has 0 aromatic heterocycles. The molecule has 0 atom stereocenters. The van der Waals surface area contributed by atoms with Crippen LogP contribution in [-0.2, 0) is 24.2 Å². The number of benzene rings is 1. The van der Waals surface area contributed by atoms with Gasteiger partial charge in [-0.2, -0.15) is 0 Å². The lowest BCUT2D eigenvalue weighted by Crippen LogP contribution is -2.40. The Balaban J connectivity index is 2.13. The molecular weight excluding hydrogens is 344 g/mol. The summed E-state index contributed by atoms with van der Waals surface area (Å²) in [5, 5.41) is 0. The van der Waals surface area contributed by atoms with E-state index in [2.05, 4.69) is 0 Å². The Hall–Kier alpha value is -2.22. The molecule has 1 aromatic rings. The molecule has 0 saturated carbocycles. The summed E-state index contributed by atoms with van der Waals surface area (Å²) in [5.41, 5.74) is 0.575. The number of nitrogens with zero attached hydrogens (tertiary/aromatic N) is 2.